The molecule has 0 saturated heterocycles. The normalized spacial score (nSPS) is 20.4. The highest BCUT2D eigenvalue weighted by Gasteiger charge is 2.35. The lowest BCUT2D eigenvalue weighted by molar-refractivity contribution is -0.146. The fraction of sp³-hybridized carbons (Fsp3) is 0.588. The first kappa shape index (κ1) is 18.8. The second kappa shape index (κ2) is 7.58. The number of esters is 1. The van der Waals surface area contributed by atoms with Gasteiger partial charge in [0, 0.05) is 12.2 Å². The number of ether oxygens (including phenoxy) is 2. The number of nitrogens with one attached hydrogen (secondary N) is 2. The highest BCUT2D eigenvalue weighted by atomic mass is 16.6. The molecule has 0 spiro atoms. The predicted octanol–water partition coefficient (Wildman–Crippen LogP) is 1.05. The van der Waals surface area contributed by atoms with Crippen molar-refractivity contribution in [3.05, 3.63) is 23.5 Å². The summed E-state index contributed by atoms with van der Waals surface area (Å²) in [4.78, 5) is 38.1. The van der Waals surface area contributed by atoms with Crippen LogP contribution in [0.1, 0.15) is 33.6 Å². The van der Waals surface area contributed by atoms with Crippen molar-refractivity contribution in [3.63, 3.8) is 0 Å². The lowest BCUT2D eigenvalue weighted by Crippen LogP contribution is -2.52. The number of carbonyl (C=O) groups excluding carboxylic acids is 3. The van der Waals surface area contributed by atoms with E-state index in [0.29, 0.717) is 6.42 Å². The Morgan fingerprint density at radius 2 is 2.12 bits per heavy atom. The van der Waals surface area contributed by atoms with E-state index in [1.165, 1.54) is 12.0 Å². The third-order valence-electron chi connectivity index (χ3n) is 3.74. The van der Waals surface area contributed by atoms with Crippen LogP contribution in [-0.2, 0) is 19.1 Å². The van der Waals surface area contributed by atoms with Crippen molar-refractivity contribution >= 4 is 18.0 Å². The van der Waals surface area contributed by atoms with Crippen LogP contribution >= 0.6 is 0 Å². The molecule has 1 aliphatic carbocycles. The van der Waals surface area contributed by atoms with E-state index in [2.05, 4.69) is 10.6 Å². The number of rotatable bonds is 3. The first-order valence-electron chi connectivity index (χ1n) is 8.22. The van der Waals surface area contributed by atoms with E-state index in [4.69, 9.17) is 9.47 Å². The van der Waals surface area contributed by atoms with Crippen molar-refractivity contribution in [2.75, 3.05) is 20.2 Å². The van der Waals surface area contributed by atoms with Gasteiger partial charge < -0.3 is 25.0 Å². The third-order valence-corrected chi connectivity index (χ3v) is 3.74. The van der Waals surface area contributed by atoms with Gasteiger partial charge in [-0.3, -0.25) is 9.59 Å². The van der Waals surface area contributed by atoms with E-state index in [9.17, 15) is 14.4 Å². The van der Waals surface area contributed by atoms with Crippen LogP contribution < -0.4 is 10.6 Å². The van der Waals surface area contributed by atoms with Crippen LogP contribution in [-0.4, -0.2) is 54.7 Å². The van der Waals surface area contributed by atoms with Gasteiger partial charge in [-0.2, -0.15) is 0 Å². The quantitative estimate of drug-likeness (QED) is 0.738. The number of carbonyl (C=O) groups is 3. The average molecular weight is 351 g/mol. The van der Waals surface area contributed by atoms with Crippen molar-refractivity contribution in [2.24, 2.45) is 0 Å². The van der Waals surface area contributed by atoms with Gasteiger partial charge in [-0.25, -0.2) is 4.79 Å². The zero-order chi connectivity index (χ0) is 18.6. The van der Waals surface area contributed by atoms with Crippen LogP contribution in [0.2, 0.25) is 0 Å². The van der Waals surface area contributed by atoms with E-state index in [0.717, 1.165) is 17.8 Å². The Hall–Kier alpha value is -2.51. The summed E-state index contributed by atoms with van der Waals surface area (Å²) in [6.45, 7) is 5.24. The Bertz CT molecular complexity index is 618. The van der Waals surface area contributed by atoms with Crippen molar-refractivity contribution < 1.29 is 23.9 Å². The summed E-state index contributed by atoms with van der Waals surface area (Å²) in [6.07, 6.45) is 4.60. The molecular formula is C17H25N3O5. The zero-order valence-electron chi connectivity index (χ0n) is 15.0. The van der Waals surface area contributed by atoms with E-state index in [-0.39, 0.29) is 19.0 Å². The van der Waals surface area contributed by atoms with Crippen LogP contribution in [0.25, 0.3) is 0 Å². The topological polar surface area (TPSA) is 97.0 Å². The molecule has 0 fully saturated rings. The molecule has 8 nitrogen and oxygen atoms in total. The number of nitrogens with zero attached hydrogens (tertiary/aromatic N) is 1. The Morgan fingerprint density at radius 1 is 1.40 bits per heavy atom. The second-order valence-electron chi connectivity index (χ2n) is 6.88. The van der Waals surface area contributed by atoms with Crippen LogP contribution in [0, 0.1) is 0 Å². The van der Waals surface area contributed by atoms with Crippen molar-refractivity contribution in [2.45, 2.75) is 45.3 Å². The maximum absolute atomic E-state index is 12.9. The van der Waals surface area contributed by atoms with Gasteiger partial charge in [0.05, 0.1) is 12.8 Å². The number of hydrogen-bond acceptors (Lipinski definition) is 6. The number of allylic oxidation sites excluding steroid dienone is 3. The Kier molecular flexibility index (Phi) is 5.71. The Labute approximate surface area is 147 Å². The molecule has 0 aromatic carbocycles. The monoisotopic (exact) mass is 351 g/mol. The van der Waals surface area contributed by atoms with Gasteiger partial charge in [0.1, 0.15) is 18.2 Å². The van der Waals surface area contributed by atoms with Crippen LogP contribution in [0.3, 0.4) is 0 Å². The minimum Gasteiger partial charge on any atom is -0.468 e. The summed E-state index contributed by atoms with van der Waals surface area (Å²) >= 11 is 0. The van der Waals surface area contributed by atoms with Gasteiger partial charge in [-0.1, -0.05) is 6.08 Å². The molecule has 1 heterocycles. The third kappa shape index (κ3) is 4.98. The van der Waals surface area contributed by atoms with Crippen LogP contribution in [0.15, 0.2) is 23.5 Å². The molecule has 0 radical (unpaired) electrons. The number of alkyl carbamates (subject to hydrolysis) is 1. The van der Waals surface area contributed by atoms with Gasteiger partial charge in [0.2, 0.25) is 0 Å². The molecule has 0 bridgehead atoms. The molecule has 1 atom stereocenters. The van der Waals surface area contributed by atoms with E-state index in [1.54, 1.807) is 20.8 Å². The highest BCUT2D eigenvalue weighted by Crippen LogP contribution is 2.24. The predicted molar refractivity (Wildman–Crippen MR) is 90.3 cm³/mol. The number of amides is 2. The maximum Gasteiger partial charge on any atom is 0.408 e. The summed E-state index contributed by atoms with van der Waals surface area (Å²) in [5.41, 5.74) is 0.834. The zero-order valence-corrected chi connectivity index (χ0v) is 15.0. The van der Waals surface area contributed by atoms with Gasteiger partial charge in [-0.15, -0.1) is 0 Å². The first-order valence-corrected chi connectivity index (χ1v) is 8.22. The van der Waals surface area contributed by atoms with Crippen LogP contribution in [0.5, 0.6) is 0 Å². The standard InChI is InChI=1S/C17H25N3O5/c1-17(2,3)25-16(23)19-12-9-18-11-7-5-6-8-13(11)20(15(12)22)10-14(21)24-4/h5,7,12,18H,6,8-10H2,1-4H3,(H,19,23)/t12-/m0/s1. The van der Waals surface area contributed by atoms with Crippen molar-refractivity contribution in [1.29, 1.82) is 0 Å². The van der Waals surface area contributed by atoms with Crippen molar-refractivity contribution in [3.8, 4) is 0 Å². The van der Waals surface area contributed by atoms with Crippen molar-refractivity contribution in [1.82, 2.24) is 15.5 Å². The molecule has 0 unspecified atom stereocenters. The SMILES string of the molecule is COC(=O)CN1C(=O)[C@@H](NC(=O)OC(C)(C)C)CNC2=C1CCC=C2. The molecule has 0 aromatic rings. The highest BCUT2D eigenvalue weighted by molar-refractivity contribution is 5.90. The summed E-state index contributed by atoms with van der Waals surface area (Å²) in [5.74, 6) is -0.892. The first-order chi connectivity index (χ1) is 11.7. The molecular weight excluding hydrogens is 326 g/mol. The molecule has 0 saturated carbocycles. The van der Waals surface area contributed by atoms with E-state index >= 15 is 0 Å². The minimum atomic E-state index is -0.849. The molecule has 2 aliphatic rings. The van der Waals surface area contributed by atoms with E-state index in [1.807, 2.05) is 12.2 Å². The minimum absolute atomic E-state index is 0.198. The fourth-order valence-electron chi connectivity index (χ4n) is 2.64. The van der Waals surface area contributed by atoms with Gasteiger partial charge >= 0.3 is 12.1 Å². The Morgan fingerprint density at radius 3 is 2.76 bits per heavy atom. The fourth-order valence-corrected chi connectivity index (χ4v) is 2.64. The Balaban J connectivity index is 2.20. The molecule has 2 rings (SSSR count). The lowest BCUT2D eigenvalue weighted by Gasteiger charge is -2.28. The van der Waals surface area contributed by atoms with Gasteiger partial charge in [0.25, 0.3) is 5.91 Å². The summed E-state index contributed by atoms with van der Waals surface area (Å²) < 4.78 is 9.92. The molecule has 8 heteroatoms. The second-order valence-corrected chi connectivity index (χ2v) is 6.88. The molecule has 25 heavy (non-hydrogen) atoms. The summed E-state index contributed by atoms with van der Waals surface area (Å²) in [5, 5.41) is 5.74. The largest absolute Gasteiger partial charge is 0.468 e. The average Bonchev–Trinajstić information content (AvgIpc) is 2.65. The molecule has 2 N–H and O–H groups in total. The maximum atomic E-state index is 12.9. The van der Waals surface area contributed by atoms with Gasteiger partial charge in [-0.05, 0) is 39.7 Å². The molecule has 138 valence electrons. The number of hydrogen-bond donors (Lipinski definition) is 2. The van der Waals surface area contributed by atoms with Gasteiger partial charge in [0.15, 0.2) is 0 Å². The lowest BCUT2D eigenvalue weighted by atomic mass is 10.1. The van der Waals surface area contributed by atoms with Crippen LogP contribution in [0.4, 0.5) is 4.79 Å². The number of methoxy groups -OCH3 is 1. The molecule has 0 aromatic heterocycles. The molecule has 2 amide bonds. The van der Waals surface area contributed by atoms with E-state index < -0.39 is 23.7 Å². The molecule has 1 aliphatic heterocycles. The smallest absolute Gasteiger partial charge is 0.408 e. The summed E-state index contributed by atoms with van der Waals surface area (Å²) in [6, 6.07) is -0.849. The summed E-state index contributed by atoms with van der Waals surface area (Å²) in [7, 11) is 1.27.